The van der Waals surface area contributed by atoms with Crippen LogP contribution in [0.3, 0.4) is 0 Å². The van der Waals surface area contributed by atoms with E-state index < -0.39 is 5.41 Å². The van der Waals surface area contributed by atoms with Gasteiger partial charge in [-0.25, -0.2) is 13.9 Å². The Morgan fingerprint density at radius 3 is 2.60 bits per heavy atom. The number of aromatic nitrogens is 3. The molecule has 2 N–H and O–H groups in total. The molecule has 0 fully saturated rings. The lowest BCUT2D eigenvalue weighted by Crippen LogP contribution is -2.37. The molecule has 3 rings (SSSR count). The topological polar surface area (TPSA) is 71.3 Å². The standard InChI is InChI=1S/C17H20FN5OS/c1-17(2,3)14(24)19-8-9-20-15-22-23-10-13(21-16(23)25-15)11-4-6-12(18)7-5-11/h4-7,10H,8-9H2,1-3H3,(H,19,24)(H,20,22). The summed E-state index contributed by atoms with van der Waals surface area (Å²) in [6.45, 7) is 6.75. The molecule has 2 heterocycles. The van der Waals surface area contributed by atoms with E-state index >= 15 is 0 Å². The number of imidazole rings is 1. The van der Waals surface area contributed by atoms with Crippen LogP contribution in [0, 0.1) is 11.2 Å². The summed E-state index contributed by atoms with van der Waals surface area (Å²) in [5.41, 5.74) is 1.21. The number of rotatable bonds is 5. The average molecular weight is 361 g/mol. The van der Waals surface area contributed by atoms with Crippen LogP contribution in [0.25, 0.3) is 16.2 Å². The summed E-state index contributed by atoms with van der Waals surface area (Å²) >= 11 is 1.42. The Kier molecular flexibility index (Phi) is 4.71. The van der Waals surface area contributed by atoms with Crippen molar-refractivity contribution < 1.29 is 9.18 Å². The fourth-order valence-corrected chi connectivity index (χ4v) is 2.95. The van der Waals surface area contributed by atoms with Crippen molar-refractivity contribution in [1.29, 1.82) is 0 Å². The number of amides is 1. The zero-order chi connectivity index (χ0) is 18.0. The third-order valence-electron chi connectivity index (χ3n) is 3.55. The molecule has 3 aromatic rings. The van der Waals surface area contributed by atoms with E-state index in [1.165, 1.54) is 23.5 Å². The van der Waals surface area contributed by atoms with Gasteiger partial charge in [0, 0.05) is 24.1 Å². The maximum Gasteiger partial charge on any atom is 0.225 e. The monoisotopic (exact) mass is 361 g/mol. The van der Waals surface area contributed by atoms with Crippen molar-refractivity contribution in [2.45, 2.75) is 20.8 Å². The number of carbonyl (C=O) groups is 1. The van der Waals surface area contributed by atoms with Crippen LogP contribution in [0.5, 0.6) is 0 Å². The predicted molar refractivity (Wildman–Crippen MR) is 97.2 cm³/mol. The highest BCUT2D eigenvalue weighted by Gasteiger charge is 2.20. The molecule has 8 heteroatoms. The third kappa shape index (κ3) is 4.14. The molecule has 0 aliphatic rings. The maximum atomic E-state index is 13.0. The van der Waals surface area contributed by atoms with Crippen molar-refractivity contribution in [3.63, 3.8) is 0 Å². The van der Waals surface area contributed by atoms with Crippen molar-refractivity contribution in [3.8, 4) is 11.3 Å². The second-order valence-electron chi connectivity index (χ2n) is 6.70. The maximum absolute atomic E-state index is 13.0. The minimum Gasteiger partial charge on any atom is -0.358 e. The number of hydrogen-bond acceptors (Lipinski definition) is 5. The Balaban J connectivity index is 1.58. The first-order valence-electron chi connectivity index (χ1n) is 7.97. The van der Waals surface area contributed by atoms with Crippen molar-refractivity contribution in [3.05, 3.63) is 36.3 Å². The number of nitrogens with zero attached hydrogens (tertiary/aromatic N) is 3. The lowest BCUT2D eigenvalue weighted by atomic mass is 9.96. The van der Waals surface area contributed by atoms with Crippen molar-refractivity contribution >= 4 is 27.3 Å². The first kappa shape index (κ1) is 17.3. The molecule has 0 spiro atoms. The Hall–Kier alpha value is -2.48. The Morgan fingerprint density at radius 1 is 1.24 bits per heavy atom. The summed E-state index contributed by atoms with van der Waals surface area (Å²) in [4.78, 5) is 17.0. The molecule has 1 aromatic carbocycles. The van der Waals surface area contributed by atoms with Gasteiger partial charge in [0.2, 0.25) is 16.0 Å². The SMILES string of the molecule is CC(C)(C)C(=O)NCCNc1nn2cc(-c3ccc(F)cc3)nc2s1. The molecule has 0 saturated carbocycles. The average Bonchev–Trinajstić information content (AvgIpc) is 3.09. The van der Waals surface area contributed by atoms with Crippen LogP contribution >= 0.6 is 11.3 Å². The summed E-state index contributed by atoms with van der Waals surface area (Å²) < 4.78 is 14.7. The molecule has 0 bridgehead atoms. The van der Waals surface area contributed by atoms with E-state index in [4.69, 9.17) is 0 Å². The van der Waals surface area contributed by atoms with Gasteiger partial charge in [0.05, 0.1) is 11.9 Å². The number of fused-ring (bicyclic) bond motifs is 1. The fourth-order valence-electron chi connectivity index (χ4n) is 2.14. The van der Waals surface area contributed by atoms with Gasteiger partial charge in [0.15, 0.2) is 0 Å². The summed E-state index contributed by atoms with van der Waals surface area (Å²) in [5.74, 6) is -0.250. The normalized spacial score (nSPS) is 11.7. The highest BCUT2D eigenvalue weighted by molar-refractivity contribution is 7.20. The lowest BCUT2D eigenvalue weighted by molar-refractivity contribution is -0.128. The third-order valence-corrected chi connectivity index (χ3v) is 4.43. The molecule has 2 aromatic heterocycles. The molecule has 6 nitrogen and oxygen atoms in total. The van der Waals surface area contributed by atoms with Crippen LogP contribution in [0.2, 0.25) is 0 Å². The minimum atomic E-state index is -0.390. The van der Waals surface area contributed by atoms with E-state index in [1.54, 1.807) is 16.6 Å². The molecule has 0 atom stereocenters. The first-order valence-corrected chi connectivity index (χ1v) is 8.79. The van der Waals surface area contributed by atoms with E-state index in [1.807, 2.05) is 27.0 Å². The van der Waals surface area contributed by atoms with Gasteiger partial charge in [0.25, 0.3) is 0 Å². The number of nitrogens with one attached hydrogen (secondary N) is 2. The van der Waals surface area contributed by atoms with Gasteiger partial charge >= 0.3 is 0 Å². The van der Waals surface area contributed by atoms with Gasteiger partial charge in [-0.15, -0.1) is 5.10 Å². The summed E-state index contributed by atoms with van der Waals surface area (Å²) in [7, 11) is 0. The van der Waals surface area contributed by atoms with Crippen LogP contribution < -0.4 is 10.6 Å². The molecule has 1 amide bonds. The van der Waals surface area contributed by atoms with Gasteiger partial charge in [-0.2, -0.15) is 0 Å². The van der Waals surface area contributed by atoms with Gasteiger partial charge < -0.3 is 10.6 Å². The van der Waals surface area contributed by atoms with E-state index in [-0.39, 0.29) is 11.7 Å². The van der Waals surface area contributed by atoms with Gasteiger partial charge in [-0.05, 0) is 24.3 Å². The summed E-state index contributed by atoms with van der Waals surface area (Å²) in [5, 5.41) is 11.2. The Bertz CT molecular complexity index is 847. The van der Waals surface area contributed by atoms with E-state index in [0.29, 0.717) is 13.1 Å². The van der Waals surface area contributed by atoms with E-state index in [2.05, 4.69) is 20.7 Å². The number of benzene rings is 1. The van der Waals surface area contributed by atoms with Gasteiger partial charge in [0.1, 0.15) is 5.82 Å². The minimum absolute atomic E-state index is 0.0205. The zero-order valence-electron chi connectivity index (χ0n) is 14.3. The highest BCUT2D eigenvalue weighted by atomic mass is 32.1. The van der Waals surface area contributed by atoms with Gasteiger partial charge in [-0.1, -0.05) is 32.1 Å². The second-order valence-corrected chi connectivity index (χ2v) is 7.66. The van der Waals surface area contributed by atoms with Crippen molar-refractivity contribution in [2.75, 3.05) is 18.4 Å². The smallest absolute Gasteiger partial charge is 0.225 e. The van der Waals surface area contributed by atoms with Crippen LogP contribution in [0.15, 0.2) is 30.5 Å². The molecule has 132 valence electrons. The van der Waals surface area contributed by atoms with E-state index in [9.17, 15) is 9.18 Å². The van der Waals surface area contributed by atoms with Crippen molar-refractivity contribution in [2.24, 2.45) is 5.41 Å². The summed E-state index contributed by atoms with van der Waals surface area (Å²) in [6.07, 6.45) is 1.81. The summed E-state index contributed by atoms with van der Waals surface area (Å²) in [6, 6.07) is 6.21. The lowest BCUT2D eigenvalue weighted by Gasteiger charge is -2.17. The molecular weight excluding hydrogens is 341 g/mol. The molecular formula is C17H20FN5OS. The van der Waals surface area contributed by atoms with Crippen LogP contribution in [-0.4, -0.2) is 33.6 Å². The van der Waals surface area contributed by atoms with Crippen molar-refractivity contribution in [1.82, 2.24) is 19.9 Å². The molecule has 0 aliphatic carbocycles. The second kappa shape index (κ2) is 6.79. The van der Waals surface area contributed by atoms with Gasteiger partial charge in [-0.3, -0.25) is 4.79 Å². The first-order chi connectivity index (χ1) is 11.8. The number of carbonyl (C=O) groups excluding carboxylic acids is 1. The zero-order valence-corrected chi connectivity index (χ0v) is 15.2. The highest BCUT2D eigenvalue weighted by Crippen LogP contribution is 2.24. The molecule has 0 aliphatic heterocycles. The molecule has 0 unspecified atom stereocenters. The number of halogens is 1. The molecule has 25 heavy (non-hydrogen) atoms. The van der Waals surface area contributed by atoms with Crippen LogP contribution in [-0.2, 0) is 4.79 Å². The largest absolute Gasteiger partial charge is 0.358 e. The molecule has 0 saturated heterocycles. The van der Waals surface area contributed by atoms with Crippen LogP contribution in [0.4, 0.5) is 9.52 Å². The Labute approximate surface area is 149 Å². The number of anilines is 1. The van der Waals surface area contributed by atoms with E-state index in [0.717, 1.165) is 21.3 Å². The van der Waals surface area contributed by atoms with Crippen LogP contribution in [0.1, 0.15) is 20.8 Å². The molecule has 0 radical (unpaired) electrons. The fraction of sp³-hybridized carbons (Fsp3) is 0.353. The predicted octanol–water partition coefficient (Wildman–Crippen LogP) is 3.17. The number of hydrogen-bond donors (Lipinski definition) is 2. The Morgan fingerprint density at radius 2 is 1.96 bits per heavy atom. The quantitative estimate of drug-likeness (QED) is 0.685.